The molecule has 0 aromatic heterocycles. The summed E-state index contributed by atoms with van der Waals surface area (Å²) in [6.45, 7) is 4.66. The van der Waals surface area contributed by atoms with Gasteiger partial charge in [0.25, 0.3) is 5.91 Å². The number of anilines is 2. The van der Waals surface area contributed by atoms with Crippen LogP contribution in [-0.4, -0.2) is 30.5 Å². The summed E-state index contributed by atoms with van der Waals surface area (Å²) in [6.07, 6.45) is 3.10. The number of nitrogens with two attached hydrogens (primary N) is 1. The topological polar surface area (TPSA) is 67.2 Å². The third-order valence-corrected chi connectivity index (χ3v) is 3.61. The molecule has 0 heterocycles. The van der Waals surface area contributed by atoms with Gasteiger partial charge in [-0.3, -0.25) is 4.79 Å². The number of rotatable bonds is 7. The molecule has 0 spiro atoms. The van der Waals surface area contributed by atoms with Crippen molar-refractivity contribution in [3.8, 4) is 0 Å². The van der Waals surface area contributed by atoms with E-state index in [0.717, 1.165) is 17.9 Å². The minimum atomic E-state index is -0.0662. The Bertz CT molecular complexity index is 423. The molecule has 5 heteroatoms. The predicted octanol–water partition coefficient (Wildman–Crippen LogP) is 2.57. The largest absolute Gasteiger partial charge is 0.397 e. The van der Waals surface area contributed by atoms with Crippen molar-refractivity contribution >= 4 is 29.0 Å². The summed E-state index contributed by atoms with van der Waals surface area (Å²) in [5.41, 5.74) is 8.11. The predicted molar refractivity (Wildman–Crippen MR) is 84.9 cm³/mol. The van der Waals surface area contributed by atoms with E-state index in [4.69, 9.17) is 5.73 Å². The van der Waals surface area contributed by atoms with Gasteiger partial charge < -0.3 is 16.4 Å². The van der Waals surface area contributed by atoms with Crippen LogP contribution in [0.4, 0.5) is 11.4 Å². The SMILES string of the molecule is CCNC(=O)c1ccc(N)c(NC(CC)CSC)c1. The van der Waals surface area contributed by atoms with E-state index in [0.29, 0.717) is 23.8 Å². The van der Waals surface area contributed by atoms with Crippen LogP contribution in [0.5, 0.6) is 0 Å². The summed E-state index contributed by atoms with van der Waals surface area (Å²) in [5.74, 6) is 0.949. The van der Waals surface area contributed by atoms with Gasteiger partial charge in [-0.1, -0.05) is 6.92 Å². The zero-order valence-electron chi connectivity index (χ0n) is 11.8. The Morgan fingerprint density at radius 3 is 2.74 bits per heavy atom. The highest BCUT2D eigenvalue weighted by Gasteiger charge is 2.11. The fourth-order valence-electron chi connectivity index (χ4n) is 1.77. The molecule has 4 nitrogen and oxygen atoms in total. The Morgan fingerprint density at radius 2 is 2.16 bits per heavy atom. The molecule has 0 bridgehead atoms. The van der Waals surface area contributed by atoms with E-state index in [1.165, 1.54) is 0 Å². The molecule has 19 heavy (non-hydrogen) atoms. The van der Waals surface area contributed by atoms with Crippen LogP contribution < -0.4 is 16.4 Å². The monoisotopic (exact) mass is 281 g/mol. The molecule has 4 N–H and O–H groups in total. The number of carbonyl (C=O) groups is 1. The second-order valence-corrected chi connectivity index (χ2v) is 5.28. The molecule has 1 rings (SSSR count). The zero-order valence-corrected chi connectivity index (χ0v) is 12.6. The molecule has 0 aliphatic rings. The zero-order chi connectivity index (χ0) is 14.3. The number of hydrogen-bond acceptors (Lipinski definition) is 4. The van der Waals surface area contributed by atoms with E-state index >= 15 is 0 Å². The Labute approximate surface area is 119 Å². The van der Waals surface area contributed by atoms with Crippen LogP contribution in [0.2, 0.25) is 0 Å². The lowest BCUT2D eigenvalue weighted by molar-refractivity contribution is 0.0956. The van der Waals surface area contributed by atoms with E-state index in [9.17, 15) is 4.79 Å². The number of thioether (sulfide) groups is 1. The Balaban J connectivity index is 2.87. The van der Waals surface area contributed by atoms with Crippen molar-refractivity contribution in [2.75, 3.05) is 29.6 Å². The lowest BCUT2D eigenvalue weighted by atomic mass is 10.1. The average Bonchev–Trinajstić information content (AvgIpc) is 2.40. The summed E-state index contributed by atoms with van der Waals surface area (Å²) >= 11 is 1.80. The molecule has 0 fully saturated rings. The number of nitrogen functional groups attached to an aromatic ring is 1. The van der Waals surface area contributed by atoms with E-state index in [1.807, 2.05) is 13.0 Å². The maximum absolute atomic E-state index is 11.8. The third kappa shape index (κ3) is 4.67. The first-order valence-electron chi connectivity index (χ1n) is 6.55. The molecular weight excluding hydrogens is 258 g/mol. The molecule has 1 amide bonds. The summed E-state index contributed by atoms with van der Waals surface area (Å²) in [5, 5.41) is 6.20. The molecule has 0 aliphatic carbocycles. The fraction of sp³-hybridized carbons (Fsp3) is 0.500. The lowest BCUT2D eigenvalue weighted by Crippen LogP contribution is -2.24. The van der Waals surface area contributed by atoms with Crippen molar-refractivity contribution in [1.29, 1.82) is 0 Å². The van der Waals surface area contributed by atoms with Crippen molar-refractivity contribution in [2.24, 2.45) is 0 Å². The number of benzene rings is 1. The maximum atomic E-state index is 11.8. The van der Waals surface area contributed by atoms with Gasteiger partial charge in [-0.05, 0) is 37.8 Å². The van der Waals surface area contributed by atoms with Crippen LogP contribution in [0.15, 0.2) is 18.2 Å². The van der Waals surface area contributed by atoms with E-state index in [1.54, 1.807) is 23.9 Å². The van der Waals surface area contributed by atoms with E-state index in [2.05, 4.69) is 23.8 Å². The lowest BCUT2D eigenvalue weighted by Gasteiger charge is -2.19. The van der Waals surface area contributed by atoms with Crippen molar-refractivity contribution in [3.05, 3.63) is 23.8 Å². The van der Waals surface area contributed by atoms with Crippen LogP contribution in [0.25, 0.3) is 0 Å². The number of amides is 1. The fourth-order valence-corrected chi connectivity index (χ4v) is 2.49. The summed E-state index contributed by atoms with van der Waals surface area (Å²) < 4.78 is 0. The van der Waals surface area contributed by atoms with Crippen molar-refractivity contribution in [1.82, 2.24) is 5.32 Å². The van der Waals surface area contributed by atoms with Crippen molar-refractivity contribution < 1.29 is 4.79 Å². The van der Waals surface area contributed by atoms with Gasteiger partial charge in [0.1, 0.15) is 0 Å². The quantitative estimate of drug-likeness (QED) is 0.672. The second-order valence-electron chi connectivity index (χ2n) is 4.37. The van der Waals surface area contributed by atoms with Gasteiger partial charge in [-0.15, -0.1) is 0 Å². The molecule has 0 radical (unpaired) electrons. The highest BCUT2D eigenvalue weighted by atomic mass is 32.2. The smallest absolute Gasteiger partial charge is 0.251 e. The molecule has 0 saturated carbocycles. The molecule has 1 unspecified atom stereocenters. The van der Waals surface area contributed by atoms with Gasteiger partial charge in [0.15, 0.2) is 0 Å². The standard InChI is InChI=1S/C14H23N3OS/c1-4-11(9-19-3)17-13-8-10(6-7-12(13)15)14(18)16-5-2/h6-8,11,17H,4-5,9,15H2,1-3H3,(H,16,18). The van der Waals surface area contributed by atoms with Gasteiger partial charge in [-0.2, -0.15) is 11.8 Å². The normalized spacial score (nSPS) is 11.9. The molecule has 1 aromatic rings. The first kappa shape index (κ1) is 15.7. The van der Waals surface area contributed by atoms with Crippen LogP contribution in [-0.2, 0) is 0 Å². The Hall–Kier alpha value is -1.36. The summed E-state index contributed by atoms with van der Waals surface area (Å²) in [6, 6.07) is 5.71. The highest BCUT2D eigenvalue weighted by molar-refractivity contribution is 7.98. The Kier molecular flexibility index (Phi) is 6.56. The Morgan fingerprint density at radius 1 is 1.42 bits per heavy atom. The first-order chi connectivity index (χ1) is 9.12. The molecule has 0 aliphatic heterocycles. The van der Waals surface area contributed by atoms with Crippen LogP contribution >= 0.6 is 11.8 Å². The molecular formula is C14H23N3OS. The van der Waals surface area contributed by atoms with Crippen LogP contribution in [0.3, 0.4) is 0 Å². The van der Waals surface area contributed by atoms with Crippen molar-refractivity contribution in [3.63, 3.8) is 0 Å². The number of carbonyl (C=O) groups excluding carboxylic acids is 1. The number of hydrogen-bond donors (Lipinski definition) is 3. The van der Waals surface area contributed by atoms with Gasteiger partial charge in [0.2, 0.25) is 0 Å². The third-order valence-electron chi connectivity index (χ3n) is 2.87. The van der Waals surface area contributed by atoms with Crippen LogP contribution in [0, 0.1) is 0 Å². The minimum absolute atomic E-state index is 0.0662. The average molecular weight is 281 g/mol. The second kappa shape index (κ2) is 7.94. The summed E-state index contributed by atoms with van der Waals surface area (Å²) in [4.78, 5) is 11.8. The van der Waals surface area contributed by atoms with Crippen LogP contribution in [0.1, 0.15) is 30.6 Å². The van der Waals surface area contributed by atoms with Gasteiger partial charge in [0, 0.05) is 23.9 Å². The first-order valence-corrected chi connectivity index (χ1v) is 7.94. The molecule has 0 saturated heterocycles. The molecule has 106 valence electrons. The van der Waals surface area contributed by atoms with Gasteiger partial charge in [0.05, 0.1) is 11.4 Å². The van der Waals surface area contributed by atoms with Gasteiger partial charge >= 0.3 is 0 Å². The van der Waals surface area contributed by atoms with Crippen molar-refractivity contribution in [2.45, 2.75) is 26.3 Å². The minimum Gasteiger partial charge on any atom is -0.397 e. The number of nitrogens with one attached hydrogen (secondary N) is 2. The van der Waals surface area contributed by atoms with Gasteiger partial charge in [-0.25, -0.2) is 0 Å². The highest BCUT2D eigenvalue weighted by Crippen LogP contribution is 2.22. The van der Waals surface area contributed by atoms with E-state index < -0.39 is 0 Å². The maximum Gasteiger partial charge on any atom is 0.251 e. The molecule has 1 atom stereocenters. The summed E-state index contributed by atoms with van der Waals surface area (Å²) in [7, 11) is 0. The van der Waals surface area contributed by atoms with E-state index in [-0.39, 0.29) is 5.91 Å². The molecule has 1 aromatic carbocycles.